The molecule has 0 aliphatic carbocycles. The maximum atomic E-state index is 12.3. The third kappa shape index (κ3) is 4.09. The smallest absolute Gasteiger partial charge is 0.223 e. The Kier molecular flexibility index (Phi) is 4.91. The molecule has 4 heteroatoms. The first kappa shape index (κ1) is 15.5. The van der Waals surface area contributed by atoms with Crippen LogP contribution < -0.4 is 10.2 Å². The van der Waals surface area contributed by atoms with Crippen molar-refractivity contribution in [2.75, 3.05) is 18.0 Å². The third-order valence-corrected chi connectivity index (χ3v) is 4.48. The highest BCUT2D eigenvalue weighted by molar-refractivity contribution is 5.79. The minimum absolute atomic E-state index is 0.124. The molecule has 23 heavy (non-hydrogen) atoms. The van der Waals surface area contributed by atoms with Gasteiger partial charge < -0.3 is 10.2 Å². The molecule has 1 N–H and O–H groups in total. The molecule has 1 aromatic heterocycles. The molecule has 1 amide bonds. The molecule has 0 unspecified atom stereocenters. The van der Waals surface area contributed by atoms with E-state index in [-0.39, 0.29) is 11.8 Å². The molecule has 0 saturated carbocycles. The van der Waals surface area contributed by atoms with Gasteiger partial charge in [-0.15, -0.1) is 0 Å². The summed E-state index contributed by atoms with van der Waals surface area (Å²) in [5, 5.41) is 3.08. The molecule has 1 aliphatic rings. The van der Waals surface area contributed by atoms with Crippen LogP contribution in [0.2, 0.25) is 0 Å². The average molecular weight is 309 g/mol. The number of nitrogens with one attached hydrogen (secondary N) is 1. The van der Waals surface area contributed by atoms with Gasteiger partial charge in [0.1, 0.15) is 0 Å². The maximum absolute atomic E-state index is 12.3. The highest BCUT2D eigenvalue weighted by Crippen LogP contribution is 2.22. The summed E-state index contributed by atoms with van der Waals surface area (Å²) in [6.07, 6.45) is 5.44. The van der Waals surface area contributed by atoms with Crippen molar-refractivity contribution in [2.24, 2.45) is 5.92 Å². The fraction of sp³-hybridized carbons (Fsp3) is 0.368. The van der Waals surface area contributed by atoms with Gasteiger partial charge in [0.2, 0.25) is 5.91 Å². The van der Waals surface area contributed by atoms with Gasteiger partial charge in [0.25, 0.3) is 0 Å². The van der Waals surface area contributed by atoms with Crippen LogP contribution in [0.5, 0.6) is 0 Å². The van der Waals surface area contributed by atoms with E-state index in [2.05, 4.69) is 46.4 Å². The molecule has 0 radical (unpaired) electrons. The fourth-order valence-electron chi connectivity index (χ4n) is 2.99. The molecule has 3 rings (SSSR count). The fourth-order valence-corrected chi connectivity index (χ4v) is 2.99. The van der Waals surface area contributed by atoms with E-state index in [4.69, 9.17) is 0 Å². The lowest BCUT2D eigenvalue weighted by atomic mass is 9.95. The number of nitrogens with zero attached hydrogens (tertiary/aromatic N) is 2. The first-order valence-corrected chi connectivity index (χ1v) is 8.20. The van der Waals surface area contributed by atoms with Crippen LogP contribution in [0, 0.1) is 12.8 Å². The van der Waals surface area contributed by atoms with Gasteiger partial charge in [-0.1, -0.05) is 29.8 Å². The Morgan fingerprint density at radius 3 is 2.43 bits per heavy atom. The van der Waals surface area contributed by atoms with Gasteiger partial charge in [-0.2, -0.15) is 0 Å². The lowest BCUT2D eigenvalue weighted by Crippen LogP contribution is -2.40. The molecule has 2 aromatic rings. The molecule has 4 nitrogen and oxygen atoms in total. The predicted octanol–water partition coefficient (Wildman–Crippen LogP) is 2.92. The van der Waals surface area contributed by atoms with E-state index in [9.17, 15) is 4.79 Å². The van der Waals surface area contributed by atoms with Crippen LogP contribution in [-0.2, 0) is 11.3 Å². The summed E-state index contributed by atoms with van der Waals surface area (Å²) in [7, 11) is 0. The number of benzene rings is 1. The summed E-state index contributed by atoms with van der Waals surface area (Å²) in [6, 6.07) is 12.3. The first-order valence-electron chi connectivity index (χ1n) is 8.20. The molecule has 1 fully saturated rings. The number of aromatic nitrogens is 1. The van der Waals surface area contributed by atoms with E-state index < -0.39 is 0 Å². The summed E-state index contributed by atoms with van der Waals surface area (Å²) < 4.78 is 0. The summed E-state index contributed by atoms with van der Waals surface area (Å²) in [5.74, 6) is 0.304. The van der Waals surface area contributed by atoms with Crippen molar-refractivity contribution >= 4 is 11.6 Å². The Bertz CT molecular complexity index is 631. The van der Waals surface area contributed by atoms with E-state index in [1.807, 2.05) is 24.5 Å². The van der Waals surface area contributed by atoms with Crippen molar-refractivity contribution in [3.05, 3.63) is 59.9 Å². The molecule has 0 spiro atoms. The normalized spacial score (nSPS) is 15.4. The van der Waals surface area contributed by atoms with Gasteiger partial charge in [0.15, 0.2) is 0 Å². The number of carbonyl (C=O) groups excluding carboxylic acids is 1. The minimum Gasteiger partial charge on any atom is -0.371 e. The first-order chi connectivity index (χ1) is 11.2. The van der Waals surface area contributed by atoms with Gasteiger partial charge in [-0.25, -0.2) is 0 Å². The lowest BCUT2D eigenvalue weighted by Gasteiger charge is -2.32. The number of hydrogen-bond donors (Lipinski definition) is 1. The molecular weight excluding hydrogens is 286 g/mol. The Morgan fingerprint density at radius 2 is 1.78 bits per heavy atom. The standard InChI is InChI=1S/C19H23N3O/c1-15-2-4-16(5-3-15)14-21-19(23)17-8-12-22(13-9-17)18-6-10-20-11-7-18/h2-7,10-11,17H,8-9,12-14H2,1H3,(H,21,23). The van der Waals surface area contributed by atoms with Crippen molar-refractivity contribution in [3.63, 3.8) is 0 Å². The summed E-state index contributed by atoms with van der Waals surface area (Å²) >= 11 is 0. The van der Waals surface area contributed by atoms with Gasteiger partial charge in [0.05, 0.1) is 0 Å². The molecule has 1 aliphatic heterocycles. The number of pyridine rings is 1. The zero-order chi connectivity index (χ0) is 16.1. The van der Waals surface area contributed by atoms with E-state index >= 15 is 0 Å². The van der Waals surface area contributed by atoms with Gasteiger partial charge in [-0.05, 0) is 37.5 Å². The second-order valence-electron chi connectivity index (χ2n) is 6.17. The van der Waals surface area contributed by atoms with Crippen LogP contribution >= 0.6 is 0 Å². The highest BCUT2D eigenvalue weighted by Gasteiger charge is 2.24. The van der Waals surface area contributed by atoms with Gasteiger partial charge >= 0.3 is 0 Å². The van der Waals surface area contributed by atoms with Crippen molar-refractivity contribution in [2.45, 2.75) is 26.3 Å². The Labute approximate surface area is 137 Å². The minimum atomic E-state index is 0.124. The van der Waals surface area contributed by atoms with Crippen LogP contribution in [0.4, 0.5) is 5.69 Å². The number of piperidine rings is 1. The topological polar surface area (TPSA) is 45.2 Å². The zero-order valence-corrected chi connectivity index (χ0v) is 13.5. The Hall–Kier alpha value is -2.36. The number of amides is 1. The molecule has 0 bridgehead atoms. The molecule has 120 valence electrons. The van der Waals surface area contributed by atoms with Crippen LogP contribution in [0.15, 0.2) is 48.8 Å². The lowest BCUT2D eigenvalue weighted by molar-refractivity contribution is -0.125. The SMILES string of the molecule is Cc1ccc(CNC(=O)C2CCN(c3ccncc3)CC2)cc1. The summed E-state index contributed by atoms with van der Waals surface area (Å²) in [6.45, 7) is 4.53. The molecular formula is C19H23N3O. The number of aryl methyl sites for hydroxylation is 1. The number of anilines is 1. The van der Waals surface area contributed by atoms with Crippen molar-refractivity contribution < 1.29 is 4.79 Å². The quantitative estimate of drug-likeness (QED) is 0.944. The highest BCUT2D eigenvalue weighted by atomic mass is 16.1. The van der Waals surface area contributed by atoms with Crippen LogP contribution in [0.3, 0.4) is 0 Å². The molecule has 1 saturated heterocycles. The number of carbonyl (C=O) groups is 1. The van der Waals surface area contributed by atoms with Crippen LogP contribution in [0.1, 0.15) is 24.0 Å². The van der Waals surface area contributed by atoms with E-state index in [1.54, 1.807) is 0 Å². The van der Waals surface area contributed by atoms with Gasteiger partial charge in [-0.3, -0.25) is 9.78 Å². The van der Waals surface area contributed by atoms with E-state index in [0.717, 1.165) is 31.5 Å². The van der Waals surface area contributed by atoms with Crippen molar-refractivity contribution in [3.8, 4) is 0 Å². The zero-order valence-electron chi connectivity index (χ0n) is 13.5. The summed E-state index contributed by atoms with van der Waals surface area (Å²) in [5.41, 5.74) is 3.58. The van der Waals surface area contributed by atoms with Gasteiger partial charge in [0, 0.05) is 43.6 Å². The monoisotopic (exact) mass is 309 g/mol. The number of hydrogen-bond acceptors (Lipinski definition) is 3. The third-order valence-electron chi connectivity index (χ3n) is 4.48. The predicted molar refractivity (Wildman–Crippen MR) is 92.2 cm³/mol. The maximum Gasteiger partial charge on any atom is 0.223 e. The Balaban J connectivity index is 1.47. The Morgan fingerprint density at radius 1 is 1.13 bits per heavy atom. The average Bonchev–Trinajstić information content (AvgIpc) is 2.62. The van der Waals surface area contributed by atoms with E-state index in [0.29, 0.717) is 6.54 Å². The molecule has 1 aromatic carbocycles. The second-order valence-corrected chi connectivity index (χ2v) is 6.17. The van der Waals surface area contributed by atoms with Crippen molar-refractivity contribution in [1.29, 1.82) is 0 Å². The molecule has 0 atom stereocenters. The van der Waals surface area contributed by atoms with E-state index in [1.165, 1.54) is 11.3 Å². The summed E-state index contributed by atoms with van der Waals surface area (Å²) in [4.78, 5) is 18.7. The second kappa shape index (κ2) is 7.27. The van der Waals surface area contributed by atoms with Crippen LogP contribution in [-0.4, -0.2) is 24.0 Å². The molecule has 2 heterocycles. The number of rotatable bonds is 4. The van der Waals surface area contributed by atoms with Crippen LogP contribution in [0.25, 0.3) is 0 Å². The largest absolute Gasteiger partial charge is 0.371 e. The van der Waals surface area contributed by atoms with Crippen molar-refractivity contribution in [1.82, 2.24) is 10.3 Å².